The van der Waals surface area contributed by atoms with E-state index in [-0.39, 0.29) is 18.0 Å². The molecule has 0 radical (unpaired) electrons. The molecule has 3 rings (SSSR count). The first-order valence-corrected chi connectivity index (χ1v) is 6.55. The van der Waals surface area contributed by atoms with Gasteiger partial charge in [0.1, 0.15) is 6.04 Å². The van der Waals surface area contributed by atoms with E-state index in [2.05, 4.69) is 20.4 Å². The van der Waals surface area contributed by atoms with E-state index in [0.717, 1.165) is 0 Å². The van der Waals surface area contributed by atoms with Gasteiger partial charge in [-0.15, -0.1) is 0 Å². The Bertz CT molecular complexity index is 564. The highest BCUT2D eigenvalue weighted by atomic mass is 16.2. The van der Waals surface area contributed by atoms with Crippen molar-refractivity contribution in [3.63, 3.8) is 0 Å². The maximum absolute atomic E-state index is 12.2. The van der Waals surface area contributed by atoms with Crippen LogP contribution in [0.25, 0.3) is 0 Å². The minimum atomic E-state index is -0.265. The number of amides is 1. The Labute approximate surface area is 116 Å². The standard InChI is InChI=1S/C13H16N6O/c1-10(19-7-3-6-16-19)12(20)18-8-11(9-18)17-13-14-4-2-5-15-13/h2-7,10-11H,8-9H2,1H3,(H,14,15,17). The van der Waals surface area contributed by atoms with Gasteiger partial charge < -0.3 is 10.2 Å². The Balaban J connectivity index is 1.51. The summed E-state index contributed by atoms with van der Waals surface area (Å²) >= 11 is 0. The van der Waals surface area contributed by atoms with Crippen LogP contribution in [0.5, 0.6) is 0 Å². The van der Waals surface area contributed by atoms with Crippen molar-refractivity contribution in [2.24, 2.45) is 0 Å². The quantitative estimate of drug-likeness (QED) is 0.880. The van der Waals surface area contributed by atoms with Crippen molar-refractivity contribution in [2.45, 2.75) is 19.0 Å². The van der Waals surface area contributed by atoms with Crippen LogP contribution in [0.3, 0.4) is 0 Å². The number of anilines is 1. The second kappa shape index (κ2) is 5.28. The number of nitrogens with one attached hydrogen (secondary N) is 1. The van der Waals surface area contributed by atoms with E-state index in [4.69, 9.17) is 0 Å². The first kappa shape index (κ1) is 12.6. The SMILES string of the molecule is CC(C(=O)N1CC(Nc2ncccn2)C1)n1cccn1. The summed E-state index contributed by atoms with van der Waals surface area (Å²) < 4.78 is 1.67. The molecule has 2 aromatic rings. The summed E-state index contributed by atoms with van der Waals surface area (Å²) in [5, 5.41) is 7.30. The Morgan fingerprint density at radius 1 is 1.30 bits per heavy atom. The Morgan fingerprint density at radius 3 is 2.70 bits per heavy atom. The monoisotopic (exact) mass is 272 g/mol. The van der Waals surface area contributed by atoms with Crippen molar-refractivity contribution in [1.29, 1.82) is 0 Å². The van der Waals surface area contributed by atoms with Gasteiger partial charge in [0.2, 0.25) is 11.9 Å². The maximum atomic E-state index is 12.2. The normalized spacial score (nSPS) is 16.6. The Hall–Kier alpha value is -2.44. The van der Waals surface area contributed by atoms with Crippen LogP contribution in [-0.2, 0) is 4.79 Å². The van der Waals surface area contributed by atoms with E-state index in [1.807, 2.05) is 17.9 Å². The zero-order valence-electron chi connectivity index (χ0n) is 11.2. The van der Waals surface area contributed by atoms with Crippen molar-refractivity contribution in [2.75, 3.05) is 18.4 Å². The predicted molar refractivity (Wildman–Crippen MR) is 73.0 cm³/mol. The van der Waals surface area contributed by atoms with Gasteiger partial charge in [-0.25, -0.2) is 9.97 Å². The Kier molecular flexibility index (Phi) is 3.32. The third kappa shape index (κ3) is 2.47. The van der Waals surface area contributed by atoms with Crippen molar-refractivity contribution in [1.82, 2.24) is 24.6 Å². The molecular weight excluding hydrogens is 256 g/mol. The molecule has 0 spiro atoms. The van der Waals surface area contributed by atoms with Gasteiger partial charge in [0, 0.05) is 37.9 Å². The largest absolute Gasteiger partial charge is 0.348 e. The van der Waals surface area contributed by atoms with Gasteiger partial charge in [0.15, 0.2) is 0 Å². The van der Waals surface area contributed by atoms with Crippen LogP contribution < -0.4 is 5.32 Å². The van der Waals surface area contributed by atoms with Gasteiger partial charge in [-0.1, -0.05) is 0 Å². The first-order valence-electron chi connectivity index (χ1n) is 6.55. The van der Waals surface area contributed by atoms with Gasteiger partial charge in [0.05, 0.1) is 6.04 Å². The molecule has 1 saturated heterocycles. The fourth-order valence-electron chi connectivity index (χ4n) is 2.19. The molecule has 1 fully saturated rings. The number of hydrogen-bond acceptors (Lipinski definition) is 5. The third-order valence-corrected chi connectivity index (χ3v) is 3.37. The molecule has 1 amide bonds. The van der Waals surface area contributed by atoms with Crippen LogP contribution in [-0.4, -0.2) is 49.7 Å². The van der Waals surface area contributed by atoms with Gasteiger partial charge in [-0.05, 0) is 19.1 Å². The molecule has 3 heterocycles. The van der Waals surface area contributed by atoms with Crippen molar-refractivity contribution < 1.29 is 4.79 Å². The van der Waals surface area contributed by atoms with Crippen LogP contribution in [0.2, 0.25) is 0 Å². The molecule has 7 heteroatoms. The summed E-state index contributed by atoms with van der Waals surface area (Å²) in [6.07, 6.45) is 6.86. The molecule has 7 nitrogen and oxygen atoms in total. The zero-order valence-corrected chi connectivity index (χ0v) is 11.2. The molecule has 2 aromatic heterocycles. The zero-order chi connectivity index (χ0) is 13.9. The highest BCUT2D eigenvalue weighted by Gasteiger charge is 2.33. The lowest BCUT2D eigenvalue weighted by Gasteiger charge is -2.40. The predicted octanol–water partition coefficient (Wildman–Crippen LogP) is 0.557. The Morgan fingerprint density at radius 2 is 2.05 bits per heavy atom. The fourth-order valence-corrected chi connectivity index (χ4v) is 2.19. The van der Waals surface area contributed by atoms with Crippen LogP contribution in [0.15, 0.2) is 36.9 Å². The summed E-state index contributed by atoms with van der Waals surface area (Å²) in [4.78, 5) is 22.3. The van der Waals surface area contributed by atoms with Crippen LogP contribution in [0.1, 0.15) is 13.0 Å². The molecule has 0 aliphatic carbocycles. The lowest BCUT2D eigenvalue weighted by molar-refractivity contribution is -0.138. The van der Waals surface area contributed by atoms with Gasteiger partial charge in [-0.3, -0.25) is 9.48 Å². The molecular formula is C13H16N6O. The van der Waals surface area contributed by atoms with E-state index in [0.29, 0.717) is 19.0 Å². The lowest BCUT2D eigenvalue weighted by atomic mass is 10.1. The van der Waals surface area contributed by atoms with E-state index >= 15 is 0 Å². The second-order valence-electron chi connectivity index (χ2n) is 4.82. The molecule has 104 valence electrons. The minimum Gasteiger partial charge on any atom is -0.348 e. The number of rotatable bonds is 4. The molecule has 0 aromatic carbocycles. The van der Waals surface area contributed by atoms with Crippen LogP contribution in [0.4, 0.5) is 5.95 Å². The molecule has 1 unspecified atom stereocenters. The summed E-state index contributed by atoms with van der Waals surface area (Å²) in [7, 11) is 0. The molecule has 1 aliphatic heterocycles. The number of carbonyl (C=O) groups excluding carboxylic acids is 1. The number of carbonyl (C=O) groups is 1. The minimum absolute atomic E-state index is 0.0840. The molecule has 0 saturated carbocycles. The maximum Gasteiger partial charge on any atom is 0.247 e. The van der Waals surface area contributed by atoms with E-state index in [9.17, 15) is 4.79 Å². The molecule has 1 atom stereocenters. The average molecular weight is 272 g/mol. The van der Waals surface area contributed by atoms with Crippen molar-refractivity contribution in [3.8, 4) is 0 Å². The lowest BCUT2D eigenvalue weighted by Crippen LogP contribution is -2.58. The highest BCUT2D eigenvalue weighted by molar-refractivity contribution is 5.81. The van der Waals surface area contributed by atoms with E-state index in [1.54, 1.807) is 35.5 Å². The summed E-state index contributed by atoms with van der Waals surface area (Å²) in [6, 6.07) is 3.54. The summed E-state index contributed by atoms with van der Waals surface area (Å²) in [5.41, 5.74) is 0. The smallest absolute Gasteiger partial charge is 0.247 e. The van der Waals surface area contributed by atoms with Crippen molar-refractivity contribution >= 4 is 11.9 Å². The number of nitrogens with zero attached hydrogens (tertiary/aromatic N) is 5. The van der Waals surface area contributed by atoms with Gasteiger partial charge in [-0.2, -0.15) is 5.10 Å². The van der Waals surface area contributed by atoms with Crippen LogP contribution >= 0.6 is 0 Å². The van der Waals surface area contributed by atoms with Gasteiger partial charge >= 0.3 is 0 Å². The van der Waals surface area contributed by atoms with Crippen molar-refractivity contribution in [3.05, 3.63) is 36.9 Å². The fraction of sp³-hybridized carbons (Fsp3) is 0.385. The van der Waals surface area contributed by atoms with Gasteiger partial charge in [0.25, 0.3) is 0 Å². The average Bonchev–Trinajstić information content (AvgIpc) is 2.96. The second-order valence-corrected chi connectivity index (χ2v) is 4.82. The summed E-state index contributed by atoms with van der Waals surface area (Å²) in [5.74, 6) is 0.686. The van der Waals surface area contributed by atoms with Crippen LogP contribution in [0, 0.1) is 0 Å². The van der Waals surface area contributed by atoms with E-state index < -0.39 is 0 Å². The molecule has 0 bridgehead atoms. The molecule has 20 heavy (non-hydrogen) atoms. The number of hydrogen-bond donors (Lipinski definition) is 1. The summed E-state index contributed by atoms with van der Waals surface area (Å²) in [6.45, 7) is 3.20. The number of aromatic nitrogens is 4. The highest BCUT2D eigenvalue weighted by Crippen LogP contribution is 2.17. The molecule has 1 aliphatic rings. The van der Waals surface area contributed by atoms with E-state index in [1.165, 1.54) is 0 Å². The topological polar surface area (TPSA) is 75.9 Å². The first-order chi connectivity index (χ1) is 9.74. The number of likely N-dealkylation sites (tertiary alicyclic amines) is 1. The third-order valence-electron chi connectivity index (χ3n) is 3.37. The molecule has 1 N–H and O–H groups in total.